The second kappa shape index (κ2) is 7.72. The molecule has 10 heteroatoms. The van der Waals surface area contributed by atoms with Crippen molar-refractivity contribution in [1.82, 2.24) is 14.8 Å². The van der Waals surface area contributed by atoms with Gasteiger partial charge >= 0.3 is 0 Å². The van der Waals surface area contributed by atoms with Crippen molar-refractivity contribution in [3.63, 3.8) is 0 Å². The first-order valence-electron chi connectivity index (χ1n) is 8.76. The van der Waals surface area contributed by atoms with E-state index in [4.69, 9.17) is 0 Å². The minimum atomic E-state index is -0.413. The SMILES string of the molecule is CCn1c(SCC(=O)N2CCc3cc([N+](=O)[O-])ccc32)nnc1-c1cccs1. The topological polar surface area (TPSA) is 94.2 Å². The zero-order valence-corrected chi connectivity index (χ0v) is 16.7. The van der Waals surface area contributed by atoms with Crippen LogP contribution in [0.1, 0.15) is 12.5 Å². The van der Waals surface area contributed by atoms with Crippen LogP contribution in [0.25, 0.3) is 10.7 Å². The second-order valence-corrected chi connectivity index (χ2v) is 8.07. The Morgan fingerprint density at radius 3 is 2.93 bits per heavy atom. The van der Waals surface area contributed by atoms with Crippen molar-refractivity contribution in [3.05, 3.63) is 51.4 Å². The van der Waals surface area contributed by atoms with Gasteiger partial charge in [-0.15, -0.1) is 21.5 Å². The van der Waals surface area contributed by atoms with Gasteiger partial charge in [0, 0.05) is 30.9 Å². The number of thiophene rings is 1. The number of nitro groups is 1. The molecule has 3 heterocycles. The molecule has 2 aromatic heterocycles. The number of non-ortho nitro benzene ring substituents is 1. The lowest BCUT2D eigenvalue weighted by molar-refractivity contribution is -0.384. The van der Waals surface area contributed by atoms with Crippen LogP contribution < -0.4 is 4.90 Å². The number of nitrogens with zero attached hydrogens (tertiary/aromatic N) is 5. The van der Waals surface area contributed by atoms with Gasteiger partial charge in [0.1, 0.15) is 0 Å². The number of hydrogen-bond donors (Lipinski definition) is 0. The summed E-state index contributed by atoms with van der Waals surface area (Å²) in [6, 6.07) is 8.63. The minimum Gasteiger partial charge on any atom is -0.311 e. The Morgan fingerprint density at radius 1 is 1.36 bits per heavy atom. The maximum atomic E-state index is 12.8. The molecule has 0 saturated heterocycles. The molecule has 1 aliphatic heterocycles. The molecule has 0 unspecified atom stereocenters. The monoisotopic (exact) mass is 415 g/mol. The molecule has 0 radical (unpaired) electrons. The summed E-state index contributed by atoms with van der Waals surface area (Å²) < 4.78 is 2.01. The molecule has 0 saturated carbocycles. The van der Waals surface area contributed by atoms with Gasteiger partial charge in [-0.2, -0.15) is 0 Å². The molecule has 0 atom stereocenters. The molecule has 1 aromatic carbocycles. The molecular weight excluding hydrogens is 398 g/mol. The maximum absolute atomic E-state index is 12.8. The van der Waals surface area contributed by atoms with Gasteiger partial charge in [0.05, 0.1) is 15.6 Å². The highest BCUT2D eigenvalue weighted by Gasteiger charge is 2.27. The average molecular weight is 416 g/mol. The number of anilines is 1. The first-order valence-corrected chi connectivity index (χ1v) is 10.6. The van der Waals surface area contributed by atoms with Crippen molar-refractivity contribution in [1.29, 1.82) is 0 Å². The number of aromatic nitrogens is 3. The van der Waals surface area contributed by atoms with Gasteiger partial charge in [-0.1, -0.05) is 17.8 Å². The number of hydrogen-bond acceptors (Lipinski definition) is 7. The molecule has 28 heavy (non-hydrogen) atoms. The number of nitro benzene ring substituents is 1. The van der Waals surface area contributed by atoms with E-state index < -0.39 is 4.92 Å². The largest absolute Gasteiger partial charge is 0.311 e. The fraction of sp³-hybridized carbons (Fsp3) is 0.278. The quantitative estimate of drug-likeness (QED) is 0.347. The van der Waals surface area contributed by atoms with Gasteiger partial charge in [0.2, 0.25) is 5.91 Å². The van der Waals surface area contributed by atoms with E-state index in [0.29, 0.717) is 24.7 Å². The van der Waals surface area contributed by atoms with Crippen molar-refractivity contribution in [3.8, 4) is 10.7 Å². The minimum absolute atomic E-state index is 0.0408. The van der Waals surface area contributed by atoms with E-state index in [1.165, 1.54) is 17.8 Å². The number of rotatable bonds is 6. The third-order valence-electron chi connectivity index (χ3n) is 4.57. The summed E-state index contributed by atoms with van der Waals surface area (Å²) in [7, 11) is 0. The van der Waals surface area contributed by atoms with Gasteiger partial charge in [0.25, 0.3) is 5.69 Å². The Hall–Kier alpha value is -2.72. The van der Waals surface area contributed by atoms with Gasteiger partial charge in [0.15, 0.2) is 11.0 Å². The number of amides is 1. The molecule has 1 aliphatic rings. The van der Waals surface area contributed by atoms with E-state index in [1.54, 1.807) is 28.4 Å². The van der Waals surface area contributed by atoms with Crippen LogP contribution in [-0.4, -0.2) is 37.9 Å². The third-order valence-corrected chi connectivity index (χ3v) is 6.39. The molecule has 1 amide bonds. The van der Waals surface area contributed by atoms with Crippen molar-refractivity contribution in [2.24, 2.45) is 0 Å². The van der Waals surface area contributed by atoms with Crippen LogP contribution >= 0.6 is 23.1 Å². The molecule has 0 spiro atoms. The van der Waals surface area contributed by atoms with Crippen molar-refractivity contribution >= 4 is 40.4 Å². The van der Waals surface area contributed by atoms with Crippen molar-refractivity contribution < 1.29 is 9.72 Å². The summed E-state index contributed by atoms with van der Waals surface area (Å²) >= 11 is 2.97. The van der Waals surface area contributed by atoms with E-state index in [1.807, 2.05) is 29.0 Å². The first-order chi connectivity index (χ1) is 13.6. The Balaban J connectivity index is 1.47. The number of carbonyl (C=O) groups excluding carboxylic acids is 1. The van der Waals surface area contributed by atoms with Crippen LogP contribution in [0.4, 0.5) is 11.4 Å². The smallest absolute Gasteiger partial charge is 0.269 e. The lowest BCUT2D eigenvalue weighted by atomic mass is 10.1. The zero-order valence-electron chi connectivity index (χ0n) is 15.1. The predicted octanol–water partition coefficient (Wildman–Crippen LogP) is 3.62. The summed E-state index contributed by atoms with van der Waals surface area (Å²) in [5.74, 6) is 1.01. The zero-order chi connectivity index (χ0) is 19.7. The van der Waals surface area contributed by atoms with Gasteiger partial charge in [-0.3, -0.25) is 14.9 Å². The highest BCUT2D eigenvalue weighted by atomic mass is 32.2. The Morgan fingerprint density at radius 2 is 2.21 bits per heavy atom. The fourth-order valence-corrected chi connectivity index (χ4v) is 4.83. The van der Waals surface area contributed by atoms with E-state index in [0.717, 1.165) is 22.0 Å². The van der Waals surface area contributed by atoms with E-state index in [-0.39, 0.29) is 17.3 Å². The van der Waals surface area contributed by atoms with Crippen molar-refractivity contribution in [2.75, 3.05) is 17.2 Å². The lowest BCUT2D eigenvalue weighted by Gasteiger charge is -2.17. The highest BCUT2D eigenvalue weighted by molar-refractivity contribution is 7.99. The molecule has 3 aromatic rings. The molecule has 0 aliphatic carbocycles. The Labute approximate surface area is 169 Å². The fourth-order valence-electron chi connectivity index (χ4n) is 3.23. The standard InChI is InChI=1S/C18H17N5O3S2/c1-2-21-17(15-4-3-9-27-15)19-20-18(21)28-11-16(24)22-8-7-12-10-13(23(25)26)5-6-14(12)22/h3-6,9-10H,2,7-8,11H2,1H3. The molecule has 0 bridgehead atoms. The summed E-state index contributed by atoms with van der Waals surface area (Å²) in [6.45, 7) is 3.28. The van der Waals surface area contributed by atoms with Crippen LogP contribution in [-0.2, 0) is 17.8 Å². The average Bonchev–Trinajstić information content (AvgIpc) is 3.43. The Bertz CT molecular complexity index is 1030. The molecule has 0 N–H and O–H groups in total. The summed E-state index contributed by atoms with van der Waals surface area (Å²) in [6.07, 6.45) is 0.626. The molecule has 4 rings (SSSR count). The number of thioether (sulfide) groups is 1. The maximum Gasteiger partial charge on any atom is 0.269 e. The summed E-state index contributed by atoms with van der Waals surface area (Å²) in [4.78, 5) is 26.0. The van der Waals surface area contributed by atoms with Gasteiger partial charge in [-0.05, 0) is 36.4 Å². The normalized spacial score (nSPS) is 13.0. The highest BCUT2D eigenvalue weighted by Crippen LogP contribution is 2.32. The van der Waals surface area contributed by atoms with Crippen molar-refractivity contribution in [2.45, 2.75) is 25.0 Å². The number of fused-ring (bicyclic) bond motifs is 1. The van der Waals surface area contributed by atoms with Gasteiger partial charge in [-0.25, -0.2) is 0 Å². The van der Waals surface area contributed by atoms with Crippen LogP contribution in [0.2, 0.25) is 0 Å². The van der Waals surface area contributed by atoms with Crippen LogP contribution in [0, 0.1) is 10.1 Å². The molecule has 0 fully saturated rings. The summed E-state index contributed by atoms with van der Waals surface area (Å²) in [5, 5.41) is 22.2. The second-order valence-electron chi connectivity index (χ2n) is 6.18. The van der Waals surface area contributed by atoms with Crippen LogP contribution in [0.5, 0.6) is 0 Å². The third kappa shape index (κ3) is 3.40. The van der Waals surface area contributed by atoms with E-state index in [9.17, 15) is 14.9 Å². The number of benzene rings is 1. The van der Waals surface area contributed by atoms with Crippen LogP contribution in [0.15, 0.2) is 40.9 Å². The lowest BCUT2D eigenvalue weighted by Crippen LogP contribution is -2.30. The predicted molar refractivity (Wildman–Crippen MR) is 109 cm³/mol. The van der Waals surface area contributed by atoms with Gasteiger partial charge < -0.3 is 9.47 Å². The first kappa shape index (κ1) is 18.6. The molecule has 8 nitrogen and oxygen atoms in total. The summed E-state index contributed by atoms with van der Waals surface area (Å²) in [5.41, 5.74) is 1.65. The van der Waals surface area contributed by atoms with E-state index >= 15 is 0 Å². The van der Waals surface area contributed by atoms with Crippen LogP contribution in [0.3, 0.4) is 0 Å². The van der Waals surface area contributed by atoms with E-state index in [2.05, 4.69) is 10.2 Å². The molecular formula is C18H17N5O3S2. The Kier molecular flexibility index (Phi) is 5.14. The molecule has 144 valence electrons. The number of carbonyl (C=O) groups is 1.